The number of rotatable bonds is 6. The Labute approximate surface area is 156 Å². The molecule has 0 radical (unpaired) electrons. The smallest absolute Gasteiger partial charge is 0.326 e. The monoisotopic (exact) mass is 371 g/mol. The molecule has 0 bridgehead atoms. The number of nitrogens with zero attached hydrogens (tertiary/aromatic N) is 2. The Morgan fingerprint density at radius 1 is 1.37 bits per heavy atom. The Morgan fingerprint density at radius 2 is 2.15 bits per heavy atom. The van der Waals surface area contributed by atoms with Crippen molar-refractivity contribution < 1.29 is 19.1 Å². The Bertz CT molecular complexity index is 917. The molecule has 1 aromatic heterocycles. The SMILES string of the molecule is Cc1ccc(-n2nc(C(=O)NC(CC3CC3)C(=O)O)c3c2CCC3)c(F)c1. The second-order valence-electron chi connectivity index (χ2n) is 7.54. The van der Waals surface area contributed by atoms with Gasteiger partial charge in [0.2, 0.25) is 0 Å². The van der Waals surface area contributed by atoms with Gasteiger partial charge in [-0.25, -0.2) is 13.9 Å². The van der Waals surface area contributed by atoms with Crippen LogP contribution in [0.2, 0.25) is 0 Å². The summed E-state index contributed by atoms with van der Waals surface area (Å²) in [5, 5.41) is 16.4. The predicted molar refractivity (Wildman–Crippen MR) is 96.5 cm³/mol. The standard InChI is InChI=1S/C20H22FN3O3/c1-11-5-8-17(14(21)9-11)24-16-4-2-3-13(16)18(23-24)19(25)22-15(20(26)27)10-12-6-7-12/h5,8-9,12,15H,2-4,6-7,10H2,1H3,(H,22,25)(H,26,27). The van der Waals surface area contributed by atoms with E-state index in [1.54, 1.807) is 12.1 Å². The Kier molecular flexibility index (Phi) is 4.45. The van der Waals surface area contributed by atoms with Crippen molar-refractivity contribution in [2.24, 2.45) is 5.92 Å². The number of fused-ring (bicyclic) bond motifs is 1. The summed E-state index contributed by atoms with van der Waals surface area (Å²) in [6.45, 7) is 1.81. The number of carbonyl (C=O) groups is 2. The lowest BCUT2D eigenvalue weighted by Gasteiger charge is -2.13. The predicted octanol–water partition coefficient (Wildman–Crippen LogP) is 2.79. The first-order valence-electron chi connectivity index (χ1n) is 9.35. The second kappa shape index (κ2) is 6.79. The molecule has 1 fully saturated rings. The summed E-state index contributed by atoms with van der Waals surface area (Å²) in [6.07, 6.45) is 4.73. The molecular formula is C20H22FN3O3. The van der Waals surface area contributed by atoms with Crippen LogP contribution in [0.4, 0.5) is 4.39 Å². The van der Waals surface area contributed by atoms with E-state index in [0.29, 0.717) is 30.9 Å². The van der Waals surface area contributed by atoms with Crippen molar-refractivity contribution >= 4 is 11.9 Å². The molecule has 1 atom stereocenters. The van der Waals surface area contributed by atoms with Gasteiger partial charge in [-0.3, -0.25) is 4.79 Å². The third-order valence-electron chi connectivity index (χ3n) is 5.35. The van der Waals surface area contributed by atoms with Gasteiger partial charge in [-0.15, -0.1) is 0 Å². The molecule has 1 unspecified atom stereocenters. The van der Waals surface area contributed by atoms with E-state index in [1.165, 1.54) is 10.7 Å². The zero-order valence-corrected chi connectivity index (χ0v) is 15.2. The number of carboxylic acids is 1. The number of nitrogens with one attached hydrogen (secondary N) is 1. The van der Waals surface area contributed by atoms with Crippen LogP contribution in [-0.2, 0) is 17.6 Å². The number of aromatic nitrogens is 2. The maximum Gasteiger partial charge on any atom is 0.326 e. The third kappa shape index (κ3) is 3.46. The highest BCUT2D eigenvalue weighted by Crippen LogP contribution is 2.34. The molecule has 1 aromatic carbocycles. The number of aryl methyl sites for hydroxylation is 1. The van der Waals surface area contributed by atoms with Crippen molar-refractivity contribution in [1.82, 2.24) is 15.1 Å². The van der Waals surface area contributed by atoms with Crippen molar-refractivity contribution in [2.75, 3.05) is 0 Å². The largest absolute Gasteiger partial charge is 0.480 e. The van der Waals surface area contributed by atoms with Gasteiger partial charge < -0.3 is 10.4 Å². The zero-order chi connectivity index (χ0) is 19.1. The van der Waals surface area contributed by atoms with Crippen molar-refractivity contribution in [1.29, 1.82) is 0 Å². The van der Waals surface area contributed by atoms with Gasteiger partial charge in [0.05, 0.1) is 0 Å². The molecule has 1 amide bonds. The number of carbonyl (C=O) groups excluding carboxylic acids is 1. The summed E-state index contributed by atoms with van der Waals surface area (Å²) in [6, 6.07) is 3.99. The van der Waals surface area contributed by atoms with Gasteiger partial charge in [-0.1, -0.05) is 18.9 Å². The second-order valence-corrected chi connectivity index (χ2v) is 7.54. The molecule has 142 valence electrons. The van der Waals surface area contributed by atoms with Gasteiger partial charge in [0.15, 0.2) is 5.69 Å². The van der Waals surface area contributed by atoms with E-state index < -0.39 is 23.7 Å². The van der Waals surface area contributed by atoms with Crippen LogP contribution < -0.4 is 5.32 Å². The molecule has 2 N–H and O–H groups in total. The van der Waals surface area contributed by atoms with Gasteiger partial charge in [-0.2, -0.15) is 5.10 Å². The zero-order valence-electron chi connectivity index (χ0n) is 15.2. The molecule has 2 aromatic rings. The maximum atomic E-state index is 14.4. The summed E-state index contributed by atoms with van der Waals surface area (Å²) in [4.78, 5) is 24.2. The molecule has 2 aliphatic carbocycles. The number of hydrogen-bond donors (Lipinski definition) is 2. The minimum atomic E-state index is -1.03. The lowest BCUT2D eigenvalue weighted by atomic mass is 10.1. The highest BCUT2D eigenvalue weighted by atomic mass is 19.1. The topological polar surface area (TPSA) is 84.2 Å². The van der Waals surface area contributed by atoms with E-state index in [4.69, 9.17) is 0 Å². The van der Waals surface area contributed by atoms with Crippen molar-refractivity contribution in [3.8, 4) is 5.69 Å². The quantitative estimate of drug-likeness (QED) is 0.818. The molecule has 0 saturated heterocycles. The molecule has 1 saturated carbocycles. The Balaban J connectivity index is 1.65. The molecular weight excluding hydrogens is 349 g/mol. The average Bonchev–Trinajstić information content (AvgIpc) is 3.16. The van der Waals surface area contributed by atoms with Crippen LogP contribution in [0.15, 0.2) is 18.2 Å². The van der Waals surface area contributed by atoms with Gasteiger partial charge >= 0.3 is 5.97 Å². The van der Waals surface area contributed by atoms with E-state index in [0.717, 1.165) is 36.1 Å². The van der Waals surface area contributed by atoms with E-state index in [9.17, 15) is 19.1 Å². The van der Waals surface area contributed by atoms with E-state index in [2.05, 4.69) is 10.4 Å². The Morgan fingerprint density at radius 3 is 2.81 bits per heavy atom. The molecule has 27 heavy (non-hydrogen) atoms. The van der Waals surface area contributed by atoms with Crippen LogP contribution in [0.5, 0.6) is 0 Å². The number of aliphatic carboxylic acids is 1. The summed E-state index contributed by atoms with van der Waals surface area (Å²) >= 11 is 0. The lowest BCUT2D eigenvalue weighted by Crippen LogP contribution is -2.41. The highest BCUT2D eigenvalue weighted by Gasteiger charge is 2.33. The van der Waals surface area contributed by atoms with E-state index in [-0.39, 0.29) is 5.69 Å². The molecule has 4 rings (SSSR count). The summed E-state index contributed by atoms with van der Waals surface area (Å²) in [7, 11) is 0. The normalized spacial score (nSPS) is 16.8. The number of benzene rings is 1. The number of halogens is 1. The van der Waals surface area contributed by atoms with Crippen LogP contribution in [0.1, 0.15) is 53.0 Å². The van der Waals surface area contributed by atoms with Gasteiger partial charge in [0, 0.05) is 11.3 Å². The summed E-state index contributed by atoms with van der Waals surface area (Å²) in [5.74, 6) is -1.55. The third-order valence-corrected chi connectivity index (χ3v) is 5.35. The maximum absolute atomic E-state index is 14.4. The molecule has 2 aliphatic rings. The number of hydrogen-bond acceptors (Lipinski definition) is 3. The van der Waals surface area contributed by atoms with Crippen LogP contribution in [-0.4, -0.2) is 32.8 Å². The molecule has 6 nitrogen and oxygen atoms in total. The fourth-order valence-corrected chi connectivity index (χ4v) is 3.74. The fraction of sp³-hybridized carbons (Fsp3) is 0.450. The lowest BCUT2D eigenvalue weighted by molar-refractivity contribution is -0.139. The molecule has 1 heterocycles. The fourth-order valence-electron chi connectivity index (χ4n) is 3.74. The van der Waals surface area contributed by atoms with Crippen LogP contribution >= 0.6 is 0 Å². The van der Waals surface area contributed by atoms with E-state index >= 15 is 0 Å². The first-order valence-corrected chi connectivity index (χ1v) is 9.35. The van der Waals surface area contributed by atoms with Gasteiger partial charge in [0.25, 0.3) is 5.91 Å². The summed E-state index contributed by atoms with van der Waals surface area (Å²) in [5.41, 5.74) is 2.96. The Hall–Kier alpha value is -2.70. The van der Waals surface area contributed by atoms with Crippen molar-refractivity contribution in [2.45, 2.75) is 51.5 Å². The van der Waals surface area contributed by atoms with Gasteiger partial charge in [0.1, 0.15) is 17.5 Å². The first-order chi connectivity index (χ1) is 12.9. The first kappa shape index (κ1) is 17.7. The van der Waals surface area contributed by atoms with Crippen LogP contribution in [0.25, 0.3) is 5.69 Å². The van der Waals surface area contributed by atoms with Gasteiger partial charge in [-0.05, 0) is 56.2 Å². The van der Waals surface area contributed by atoms with Crippen molar-refractivity contribution in [3.05, 3.63) is 46.5 Å². The van der Waals surface area contributed by atoms with Crippen LogP contribution in [0, 0.1) is 18.7 Å². The number of carboxylic acid groups (broad SMARTS) is 1. The highest BCUT2D eigenvalue weighted by molar-refractivity contribution is 5.96. The minimum Gasteiger partial charge on any atom is -0.480 e. The average molecular weight is 371 g/mol. The minimum absolute atomic E-state index is 0.213. The van der Waals surface area contributed by atoms with Crippen molar-refractivity contribution in [3.63, 3.8) is 0 Å². The molecule has 0 spiro atoms. The summed E-state index contributed by atoms with van der Waals surface area (Å²) < 4.78 is 15.9. The van der Waals surface area contributed by atoms with E-state index in [1.807, 2.05) is 6.92 Å². The molecule has 7 heteroatoms. The number of amides is 1. The molecule has 0 aliphatic heterocycles. The van der Waals surface area contributed by atoms with Crippen LogP contribution in [0.3, 0.4) is 0 Å².